The van der Waals surface area contributed by atoms with Gasteiger partial charge < -0.3 is 15.0 Å². The van der Waals surface area contributed by atoms with Crippen LogP contribution in [0, 0.1) is 13.8 Å². The van der Waals surface area contributed by atoms with E-state index in [1.54, 1.807) is 0 Å². The van der Waals surface area contributed by atoms with Gasteiger partial charge in [-0.1, -0.05) is 23.8 Å². The van der Waals surface area contributed by atoms with Crippen molar-refractivity contribution in [3.8, 4) is 0 Å². The zero-order valence-electron chi connectivity index (χ0n) is 12.6. The Balaban J connectivity index is 2.16. The summed E-state index contributed by atoms with van der Waals surface area (Å²) < 4.78 is 5.86. The molecule has 1 aliphatic heterocycles. The molecule has 1 heterocycles. The smallest absolute Gasteiger partial charge is 0.0718 e. The molecule has 0 bridgehead atoms. The van der Waals surface area contributed by atoms with Crippen LogP contribution in [0.1, 0.15) is 29.2 Å². The Labute approximate surface area is 116 Å². The number of morpholine rings is 1. The SMILES string of the molecule is Cc1ccc(C)c(C(CC2CNCCO2)N(C)C)c1. The summed E-state index contributed by atoms with van der Waals surface area (Å²) in [5, 5.41) is 3.41. The highest BCUT2D eigenvalue weighted by Crippen LogP contribution is 2.28. The first-order chi connectivity index (χ1) is 9.08. The molecule has 2 unspecified atom stereocenters. The molecule has 2 atom stereocenters. The van der Waals surface area contributed by atoms with Crippen molar-refractivity contribution < 1.29 is 4.74 Å². The zero-order valence-corrected chi connectivity index (χ0v) is 12.6. The van der Waals surface area contributed by atoms with Gasteiger partial charge in [0.25, 0.3) is 0 Å². The van der Waals surface area contributed by atoms with Crippen LogP contribution < -0.4 is 5.32 Å². The van der Waals surface area contributed by atoms with Crippen LogP contribution in [0.15, 0.2) is 18.2 Å². The Morgan fingerprint density at radius 1 is 1.37 bits per heavy atom. The Morgan fingerprint density at radius 2 is 2.16 bits per heavy atom. The van der Waals surface area contributed by atoms with E-state index in [0.29, 0.717) is 12.1 Å². The fourth-order valence-electron chi connectivity index (χ4n) is 2.75. The van der Waals surface area contributed by atoms with Crippen LogP contribution in [0.4, 0.5) is 0 Å². The Morgan fingerprint density at radius 3 is 2.79 bits per heavy atom. The van der Waals surface area contributed by atoms with Gasteiger partial charge in [0.15, 0.2) is 0 Å². The highest BCUT2D eigenvalue weighted by Gasteiger charge is 2.23. The molecule has 1 N–H and O–H groups in total. The van der Waals surface area contributed by atoms with E-state index < -0.39 is 0 Å². The van der Waals surface area contributed by atoms with Crippen LogP contribution in [0.5, 0.6) is 0 Å². The van der Waals surface area contributed by atoms with Crippen molar-refractivity contribution in [1.82, 2.24) is 10.2 Å². The number of ether oxygens (including phenoxy) is 1. The average Bonchev–Trinajstić information content (AvgIpc) is 2.40. The monoisotopic (exact) mass is 262 g/mol. The summed E-state index contributed by atoms with van der Waals surface area (Å²) in [6.07, 6.45) is 1.37. The summed E-state index contributed by atoms with van der Waals surface area (Å²) in [6, 6.07) is 7.14. The molecule has 0 amide bonds. The summed E-state index contributed by atoms with van der Waals surface area (Å²) in [6.45, 7) is 7.14. The number of nitrogens with zero attached hydrogens (tertiary/aromatic N) is 1. The van der Waals surface area contributed by atoms with Crippen molar-refractivity contribution in [3.63, 3.8) is 0 Å². The van der Waals surface area contributed by atoms with Gasteiger partial charge >= 0.3 is 0 Å². The Hall–Kier alpha value is -0.900. The number of hydrogen-bond acceptors (Lipinski definition) is 3. The number of benzene rings is 1. The molecule has 0 aliphatic carbocycles. The molecule has 1 saturated heterocycles. The molecular formula is C16H26N2O. The van der Waals surface area contributed by atoms with E-state index in [4.69, 9.17) is 4.74 Å². The second kappa shape index (κ2) is 6.51. The lowest BCUT2D eigenvalue weighted by molar-refractivity contribution is 0.00888. The molecule has 3 nitrogen and oxygen atoms in total. The molecule has 106 valence electrons. The van der Waals surface area contributed by atoms with Crippen LogP contribution in [-0.4, -0.2) is 44.8 Å². The van der Waals surface area contributed by atoms with Gasteiger partial charge in [0.1, 0.15) is 0 Å². The third-order valence-electron chi connectivity index (χ3n) is 3.91. The highest BCUT2D eigenvalue weighted by molar-refractivity contribution is 5.33. The van der Waals surface area contributed by atoms with Crippen molar-refractivity contribution in [2.24, 2.45) is 0 Å². The summed E-state index contributed by atoms with van der Waals surface area (Å²) in [5.41, 5.74) is 4.13. The minimum Gasteiger partial charge on any atom is -0.376 e. The number of aryl methyl sites for hydroxylation is 2. The molecule has 0 saturated carbocycles. The lowest BCUT2D eigenvalue weighted by Gasteiger charge is -2.32. The van der Waals surface area contributed by atoms with Crippen LogP contribution in [0.25, 0.3) is 0 Å². The summed E-state index contributed by atoms with van der Waals surface area (Å²) in [5.74, 6) is 0. The van der Waals surface area contributed by atoms with Gasteiger partial charge in [-0.3, -0.25) is 0 Å². The quantitative estimate of drug-likeness (QED) is 0.901. The number of rotatable bonds is 4. The number of nitrogens with one attached hydrogen (secondary N) is 1. The fourth-order valence-corrected chi connectivity index (χ4v) is 2.75. The third-order valence-corrected chi connectivity index (χ3v) is 3.91. The normalized spacial score (nSPS) is 21.6. The van der Waals surface area contributed by atoms with Gasteiger partial charge in [-0.05, 0) is 45.5 Å². The van der Waals surface area contributed by atoms with E-state index in [9.17, 15) is 0 Å². The fraction of sp³-hybridized carbons (Fsp3) is 0.625. The third kappa shape index (κ3) is 3.78. The van der Waals surface area contributed by atoms with Crippen LogP contribution in [0.2, 0.25) is 0 Å². The van der Waals surface area contributed by atoms with E-state index in [1.807, 2.05) is 0 Å². The van der Waals surface area contributed by atoms with E-state index >= 15 is 0 Å². The molecular weight excluding hydrogens is 236 g/mol. The second-order valence-corrected chi connectivity index (χ2v) is 5.77. The van der Waals surface area contributed by atoms with Crippen LogP contribution >= 0.6 is 0 Å². The molecule has 1 aromatic rings. The molecule has 1 aromatic carbocycles. The average molecular weight is 262 g/mol. The molecule has 1 aliphatic rings. The van der Waals surface area contributed by atoms with Crippen LogP contribution in [0.3, 0.4) is 0 Å². The van der Waals surface area contributed by atoms with Crippen molar-refractivity contribution in [3.05, 3.63) is 34.9 Å². The first-order valence-electron chi connectivity index (χ1n) is 7.14. The summed E-state index contributed by atoms with van der Waals surface area (Å²) in [4.78, 5) is 2.31. The van der Waals surface area contributed by atoms with E-state index in [1.165, 1.54) is 16.7 Å². The molecule has 0 spiro atoms. The van der Waals surface area contributed by atoms with Gasteiger partial charge in [0.05, 0.1) is 12.7 Å². The van der Waals surface area contributed by atoms with E-state index in [2.05, 4.69) is 56.4 Å². The topological polar surface area (TPSA) is 24.5 Å². The predicted molar refractivity (Wildman–Crippen MR) is 79.6 cm³/mol. The number of hydrogen-bond donors (Lipinski definition) is 1. The highest BCUT2D eigenvalue weighted by atomic mass is 16.5. The standard InChI is InChI=1S/C16H26N2O/c1-12-5-6-13(2)15(9-12)16(18(3)4)10-14-11-17-7-8-19-14/h5-6,9,14,16-17H,7-8,10-11H2,1-4H3. The van der Waals surface area contributed by atoms with Gasteiger partial charge in [0, 0.05) is 19.1 Å². The summed E-state index contributed by atoms with van der Waals surface area (Å²) in [7, 11) is 4.31. The van der Waals surface area contributed by atoms with E-state index in [-0.39, 0.29) is 0 Å². The molecule has 1 fully saturated rings. The molecule has 2 rings (SSSR count). The van der Waals surface area contributed by atoms with Gasteiger partial charge in [-0.2, -0.15) is 0 Å². The van der Waals surface area contributed by atoms with Gasteiger partial charge in [-0.25, -0.2) is 0 Å². The maximum absolute atomic E-state index is 5.86. The minimum absolute atomic E-state index is 0.320. The maximum Gasteiger partial charge on any atom is 0.0718 e. The van der Waals surface area contributed by atoms with Crippen LogP contribution in [-0.2, 0) is 4.74 Å². The Bertz CT molecular complexity index is 411. The van der Waals surface area contributed by atoms with Crippen molar-refractivity contribution in [2.75, 3.05) is 33.8 Å². The van der Waals surface area contributed by atoms with Crippen molar-refractivity contribution in [2.45, 2.75) is 32.4 Å². The second-order valence-electron chi connectivity index (χ2n) is 5.77. The maximum atomic E-state index is 5.86. The van der Waals surface area contributed by atoms with Gasteiger partial charge in [0.2, 0.25) is 0 Å². The first kappa shape index (κ1) is 14.5. The zero-order chi connectivity index (χ0) is 13.8. The van der Waals surface area contributed by atoms with Crippen molar-refractivity contribution in [1.29, 1.82) is 0 Å². The van der Waals surface area contributed by atoms with E-state index in [0.717, 1.165) is 26.1 Å². The first-order valence-corrected chi connectivity index (χ1v) is 7.14. The predicted octanol–water partition coefficient (Wildman–Crippen LogP) is 2.28. The molecule has 0 aromatic heterocycles. The van der Waals surface area contributed by atoms with Gasteiger partial charge in [-0.15, -0.1) is 0 Å². The van der Waals surface area contributed by atoms with Crippen molar-refractivity contribution >= 4 is 0 Å². The lowest BCUT2D eigenvalue weighted by atomic mass is 9.94. The summed E-state index contributed by atoms with van der Waals surface area (Å²) >= 11 is 0. The largest absolute Gasteiger partial charge is 0.376 e. The Kier molecular flexibility index (Phi) is 4.97. The lowest BCUT2D eigenvalue weighted by Crippen LogP contribution is -2.40. The minimum atomic E-state index is 0.320. The molecule has 0 radical (unpaired) electrons. The molecule has 3 heteroatoms. The molecule has 19 heavy (non-hydrogen) atoms.